The Hall–Kier alpha value is -1.47. The second-order valence-electron chi connectivity index (χ2n) is 5.90. The summed E-state index contributed by atoms with van der Waals surface area (Å²) in [4.78, 5) is 4.54. The van der Waals surface area contributed by atoms with Gasteiger partial charge in [0.2, 0.25) is 5.75 Å². The number of methoxy groups -OCH3 is 3. The van der Waals surface area contributed by atoms with Gasteiger partial charge in [-0.25, -0.2) is 13.4 Å². The highest BCUT2D eigenvalue weighted by molar-refractivity contribution is 14.0. The van der Waals surface area contributed by atoms with E-state index in [1.54, 1.807) is 21.3 Å². The minimum absolute atomic E-state index is 0. The van der Waals surface area contributed by atoms with Gasteiger partial charge in [0.15, 0.2) is 17.5 Å². The average Bonchev–Trinajstić information content (AvgIpc) is 2.66. The molecule has 0 saturated heterocycles. The zero-order valence-electron chi connectivity index (χ0n) is 17.6. The summed E-state index contributed by atoms with van der Waals surface area (Å²) in [7, 11) is 1.69. The molecule has 29 heavy (non-hydrogen) atoms. The van der Waals surface area contributed by atoms with E-state index in [9.17, 15) is 8.42 Å². The van der Waals surface area contributed by atoms with Crippen LogP contribution in [0, 0.1) is 0 Å². The third kappa shape index (κ3) is 10.8. The van der Waals surface area contributed by atoms with Crippen LogP contribution in [0.4, 0.5) is 0 Å². The zero-order valence-corrected chi connectivity index (χ0v) is 20.8. The van der Waals surface area contributed by atoms with E-state index < -0.39 is 9.84 Å². The maximum Gasteiger partial charge on any atom is 0.203 e. The van der Waals surface area contributed by atoms with Crippen molar-refractivity contribution in [2.24, 2.45) is 4.99 Å². The molecule has 9 nitrogen and oxygen atoms in total. The number of halogens is 1. The van der Waals surface area contributed by atoms with Crippen LogP contribution in [0.15, 0.2) is 17.1 Å². The highest BCUT2D eigenvalue weighted by atomic mass is 127. The highest BCUT2D eigenvalue weighted by Gasteiger charge is 2.13. The van der Waals surface area contributed by atoms with Gasteiger partial charge in [-0.1, -0.05) is 0 Å². The van der Waals surface area contributed by atoms with Crippen LogP contribution in [0.25, 0.3) is 0 Å². The number of hydrogen-bond acceptors (Lipinski definition) is 7. The summed E-state index contributed by atoms with van der Waals surface area (Å²) < 4.78 is 43.5. The first-order valence-electron chi connectivity index (χ1n) is 8.91. The van der Waals surface area contributed by atoms with Crippen molar-refractivity contribution in [3.63, 3.8) is 0 Å². The molecule has 0 aliphatic heterocycles. The summed E-state index contributed by atoms with van der Waals surface area (Å²) in [5.74, 6) is 2.33. The van der Waals surface area contributed by atoms with Gasteiger partial charge in [-0.15, -0.1) is 24.0 Å². The largest absolute Gasteiger partial charge is 0.493 e. The van der Waals surface area contributed by atoms with Gasteiger partial charge >= 0.3 is 0 Å². The van der Waals surface area contributed by atoms with Gasteiger partial charge in [0.25, 0.3) is 0 Å². The summed E-state index contributed by atoms with van der Waals surface area (Å²) in [6.07, 6.45) is 1.19. The van der Waals surface area contributed by atoms with Crippen molar-refractivity contribution in [1.82, 2.24) is 10.6 Å². The fourth-order valence-electron chi connectivity index (χ4n) is 2.29. The molecule has 0 aromatic heterocycles. The molecular formula is C18H32IN3O6S. The fourth-order valence-corrected chi connectivity index (χ4v) is 2.71. The van der Waals surface area contributed by atoms with Gasteiger partial charge in [-0.2, -0.15) is 0 Å². The van der Waals surface area contributed by atoms with E-state index in [-0.39, 0.29) is 36.3 Å². The number of ether oxygens (including phenoxy) is 4. The van der Waals surface area contributed by atoms with Gasteiger partial charge in [0, 0.05) is 19.3 Å². The number of aliphatic imine (C=N–C) groups is 1. The monoisotopic (exact) mass is 545 g/mol. The van der Waals surface area contributed by atoms with Crippen LogP contribution in [0.1, 0.15) is 12.5 Å². The molecule has 0 amide bonds. The van der Waals surface area contributed by atoms with Crippen LogP contribution in [0.2, 0.25) is 0 Å². The minimum atomic E-state index is -3.00. The Morgan fingerprint density at radius 3 is 2.14 bits per heavy atom. The van der Waals surface area contributed by atoms with Crippen LogP contribution in [-0.2, 0) is 21.1 Å². The summed E-state index contributed by atoms with van der Waals surface area (Å²) >= 11 is 0. The van der Waals surface area contributed by atoms with Crippen LogP contribution in [0.5, 0.6) is 17.2 Å². The number of guanidine groups is 1. The molecule has 168 valence electrons. The van der Waals surface area contributed by atoms with E-state index in [0.717, 1.165) is 5.56 Å². The lowest BCUT2D eigenvalue weighted by Crippen LogP contribution is -2.39. The van der Waals surface area contributed by atoms with Crippen molar-refractivity contribution >= 4 is 39.8 Å². The quantitative estimate of drug-likeness (QED) is 0.176. The maximum atomic E-state index is 11.1. The van der Waals surface area contributed by atoms with Crippen LogP contribution in [0.3, 0.4) is 0 Å². The van der Waals surface area contributed by atoms with E-state index in [4.69, 9.17) is 18.9 Å². The first-order chi connectivity index (χ1) is 13.3. The maximum absolute atomic E-state index is 11.1. The van der Waals surface area contributed by atoms with Gasteiger partial charge in [-0.05, 0) is 24.6 Å². The van der Waals surface area contributed by atoms with Crippen molar-refractivity contribution in [2.75, 3.05) is 59.6 Å². The normalized spacial score (nSPS) is 11.4. The van der Waals surface area contributed by atoms with E-state index in [0.29, 0.717) is 49.4 Å². The number of sulfone groups is 1. The highest BCUT2D eigenvalue weighted by Crippen LogP contribution is 2.38. The van der Waals surface area contributed by atoms with Gasteiger partial charge in [0.05, 0.1) is 46.8 Å². The topological polar surface area (TPSA) is 107 Å². The Labute approximate surface area is 190 Å². The summed E-state index contributed by atoms with van der Waals surface area (Å²) in [6, 6.07) is 3.70. The molecule has 0 heterocycles. The van der Waals surface area contributed by atoms with E-state index in [1.807, 2.05) is 19.1 Å². The Kier molecular flexibility index (Phi) is 13.8. The number of rotatable bonds is 12. The summed E-state index contributed by atoms with van der Waals surface area (Å²) in [5.41, 5.74) is 0.899. The predicted octanol–water partition coefficient (Wildman–Crippen LogP) is 1.45. The van der Waals surface area contributed by atoms with E-state index >= 15 is 0 Å². The number of benzene rings is 1. The van der Waals surface area contributed by atoms with Crippen LogP contribution < -0.4 is 24.8 Å². The summed E-state index contributed by atoms with van der Waals surface area (Å²) in [5, 5.41) is 6.29. The number of hydrogen-bond donors (Lipinski definition) is 2. The lowest BCUT2D eigenvalue weighted by Gasteiger charge is -2.14. The first-order valence-corrected chi connectivity index (χ1v) is 11.0. The minimum Gasteiger partial charge on any atom is -0.493 e. The van der Waals surface area contributed by atoms with Crippen molar-refractivity contribution < 1.29 is 27.4 Å². The molecule has 1 aromatic rings. The molecule has 1 aromatic carbocycles. The van der Waals surface area contributed by atoms with Gasteiger partial charge in [-0.3, -0.25) is 0 Å². The Morgan fingerprint density at radius 1 is 1.03 bits per heavy atom. The molecular weight excluding hydrogens is 513 g/mol. The smallest absolute Gasteiger partial charge is 0.203 e. The van der Waals surface area contributed by atoms with Gasteiger partial charge in [0.1, 0.15) is 9.84 Å². The molecule has 0 aliphatic rings. The SMILES string of the molecule is CCNC(=NCc1cc(OC)c(OC)c(OC)c1)NCCOCCS(C)(=O)=O.I. The van der Waals surface area contributed by atoms with E-state index in [2.05, 4.69) is 15.6 Å². The van der Waals surface area contributed by atoms with Gasteiger partial charge < -0.3 is 29.6 Å². The van der Waals surface area contributed by atoms with Crippen molar-refractivity contribution in [3.8, 4) is 17.2 Å². The van der Waals surface area contributed by atoms with Crippen LogP contribution >= 0.6 is 24.0 Å². The second-order valence-corrected chi connectivity index (χ2v) is 8.16. The van der Waals surface area contributed by atoms with Crippen molar-refractivity contribution in [1.29, 1.82) is 0 Å². The number of nitrogens with zero attached hydrogens (tertiary/aromatic N) is 1. The molecule has 0 spiro atoms. The molecule has 2 N–H and O–H groups in total. The first kappa shape index (κ1) is 27.5. The third-order valence-corrected chi connectivity index (χ3v) is 4.53. The Morgan fingerprint density at radius 2 is 1.66 bits per heavy atom. The predicted molar refractivity (Wildman–Crippen MR) is 125 cm³/mol. The lowest BCUT2D eigenvalue weighted by molar-refractivity contribution is 0.154. The third-order valence-electron chi connectivity index (χ3n) is 3.63. The molecule has 0 saturated carbocycles. The molecule has 0 unspecified atom stereocenters. The summed E-state index contributed by atoms with van der Waals surface area (Å²) in [6.45, 7) is 4.14. The fraction of sp³-hybridized carbons (Fsp3) is 0.611. The molecule has 0 bridgehead atoms. The molecule has 0 atom stereocenters. The Balaban J connectivity index is 0.00000784. The van der Waals surface area contributed by atoms with Crippen molar-refractivity contribution in [3.05, 3.63) is 17.7 Å². The zero-order chi connectivity index (χ0) is 21.0. The molecule has 0 radical (unpaired) electrons. The molecule has 0 fully saturated rings. The van der Waals surface area contributed by atoms with E-state index in [1.165, 1.54) is 6.26 Å². The Bertz CT molecular complexity index is 718. The average molecular weight is 545 g/mol. The van der Waals surface area contributed by atoms with Crippen LogP contribution in [-0.4, -0.2) is 74.0 Å². The standard InChI is InChI=1S/C18H31N3O6S.HI/c1-6-19-18(20-7-8-27-9-10-28(5,22)23)21-13-14-11-15(24-2)17(26-4)16(12-14)25-3;/h11-12H,6-10,13H2,1-5H3,(H2,19,20,21);1H. The molecule has 11 heteroatoms. The second kappa shape index (κ2) is 14.5. The molecule has 0 aliphatic carbocycles. The van der Waals surface area contributed by atoms with Crippen molar-refractivity contribution in [2.45, 2.75) is 13.5 Å². The molecule has 1 rings (SSSR count). The lowest BCUT2D eigenvalue weighted by atomic mass is 10.2. The number of nitrogens with one attached hydrogen (secondary N) is 2.